The van der Waals surface area contributed by atoms with E-state index in [2.05, 4.69) is 15.8 Å². The quantitative estimate of drug-likeness (QED) is 0.465. The van der Waals surface area contributed by atoms with Crippen molar-refractivity contribution in [1.82, 2.24) is 20.4 Å². The van der Waals surface area contributed by atoms with Crippen molar-refractivity contribution in [2.24, 2.45) is 0 Å². The maximum atomic E-state index is 14.1. The Morgan fingerprint density at radius 1 is 1.16 bits per heavy atom. The number of nitrogens with zero attached hydrogens (tertiary/aromatic N) is 4. The summed E-state index contributed by atoms with van der Waals surface area (Å²) in [5.41, 5.74) is 2.40. The Bertz CT molecular complexity index is 1560. The highest BCUT2D eigenvalue weighted by Gasteiger charge is 2.39. The number of nitrogens with one attached hydrogen (secondary N) is 2. The molecule has 4 rings (SSSR count). The van der Waals surface area contributed by atoms with Crippen LogP contribution in [0.4, 0.5) is 17.6 Å². The van der Waals surface area contributed by atoms with Gasteiger partial charge in [0.1, 0.15) is 17.6 Å². The lowest BCUT2D eigenvalue weighted by Gasteiger charge is -2.30. The number of carbonyl (C=O) groups excluding carboxylic acids is 1. The lowest BCUT2D eigenvalue weighted by atomic mass is 9.89. The number of hydrazine groups is 1. The van der Waals surface area contributed by atoms with Gasteiger partial charge in [0.25, 0.3) is 5.56 Å². The second kappa shape index (κ2) is 10.5. The van der Waals surface area contributed by atoms with Crippen molar-refractivity contribution in [2.45, 2.75) is 31.1 Å². The van der Waals surface area contributed by atoms with Gasteiger partial charge in [0.2, 0.25) is 11.7 Å². The van der Waals surface area contributed by atoms with Crippen LogP contribution in [0.1, 0.15) is 34.7 Å². The van der Waals surface area contributed by atoms with E-state index in [-0.39, 0.29) is 40.4 Å². The Morgan fingerprint density at radius 3 is 2.58 bits per heavy atom. The molecule has 2 unspecified atom stereocenters. The summed E-state index contributed by atoms with van der Waals surface area (Å²) in [7, 11) is 0. The molecule has 2 N–H and O–H groups in total. The van der Waals surface area contributed by atoms with Gasteiger partial charge >= 0.3 is 6.18 Å². The summed E-state index contributed by atoms with van der Waals surface area (Å²) in [6, 6.07) is 10.0. The summed E-state index contributed by atoms with van der Waals surface area (Å²) in [4.78, 5) is 28.9. The van der Waals surface area contributed by atoms with Gasteiger partial charge in [-0.2, -0.15) is 23.7 Å². The van der Waals surface area contributed by atoms with E-state index in [4.69, 9.17) is 26.9 Å². The molecule has 0 aliphatic carbocycles. The fourth-order valence-corrected chi connectivity index (χ4v) is 4.12. The molecule has 1 amide bonds. The number of hydrogen-bond acceptors (Lipinski definition) is 7. The van der Waals surface area contributed by atoms with Gasteiger partial charge in [-0.1, -0.05) is 17.7 Å². The smallest absolute Gasteiger partial charge is 0.437 e. The predicted octanol–water partition coefficient (Wildman–Crippen LogP) is 3.77. The highest BCUT2D eigenvalue weighted by molar-refractivity contribution is 6.30. The highest BCUT2D eigenvalue weighted by atomic mass is 35.5. The van der Waals surface area contributed by atoms with Crippen molar-refractivity contribution >= 4 is 17.5 Å². The van der Waals surface area contributed by atoms with Crippen molar-refractivity contribution in [3.8, 4) is 23.6 Å². The number of nitriles is 2. The van der Waals surface area contributed by atoms with Crippen molar-refractivity contribution in [1.29, 1.82) is 10.5 Å². The van der Waals surface area contributed by atoms with E-state index in [1.54, 1.807) is 12.1 Å². The maximum absolute atomic E-state index is 14.1. The number of aromatic nitrogens is 2. The molecule has 9 nitrogen and oxygen atoms in total. The fraction of sp³-hybridized carbons (Fsp3) is 0.208. The second-order valence-corrected chi connectivity index (χ2v) is 8.67. The average molecular weight is 547 g/mol. The van der Waals surface area contributed by atoms with Crippen LogP contribution in [0.15, 0.2) is 47.5 Å². The predicted molar refractivity (Wildman–Crippen MR) is 123 cm³/mol. The monoisotopic (exact) mass is 546 g/mol. The average Bonchev–Trinajstić information content (AvgIpc) is 2.86. The fourth-order valence-electron chi connectivity index (χ4n) is 3.89. The van der Waals surface area contributed by atoms with Gasteiger partial charge in [0.15, 0.2) is 5.69 Å². The van der Waals surface area contributed by atoms with E-state index < -0.39 is 46.9 Å². The summed E-state index contributed by atoms with van der Waals surface area (Å²) >= 11 is 5.89. The van der Waals surface area contributed by atoms with Crippen LogP contribution in [0.2, 0.25) is 5.02 Å². The van der Waals surface area contributed by atoms with Crippen molar-refractivity contribution in [3.05, 3.63) is 86.3 Å². The van der Waals surface area contributed by atoms with Crippen LogP contribution in [0.5, 0.6) is 11.5 Å². The molecule has 1 aromatic heterocycles. The zero-order valence-corrected chi connectivity index (χ0v) is 19.8. The van der Waals surface area contributed by atoms with Crippen LogP contribution in [-0.4, -0.2) is 21.5 Å². The topological polar surface area (TPSA) is 133 Å². The molecule has 0 spiro atoms. The molecule has 0 radical (unpaired) electrons. The standard InChI is InChI=1S/C24H15ClF4N6O3/c25-15-3-12(8-30)4-17(6-15)38-20-21(24(27,28)29)32-11-35(23(20)37)10-16-7-18(22(36)34-33-16)13-1-2-14(9-31)19(26)5-13/h1-6,11,16,18,33H,7,10H2,(H,34,36). The Kier molecular flexibility index (Phi) is 7.35. The summed E-state index contributed by atoms with van der Waals surface area (Å²) < 4.78 is 61.1. The lowest BCUT2D eigenvalue weighted by molar-refractivity contribution is -0.142. The van der Waals surface area contributed by atoms with Gasteiger partial charge < -0.3 is 4.74 Å². The molecule has 14 heteroatoms. The number of benzene rings is 2. The van der Waals surface area contributed by atoms with Crippen molar-refractivity contribution < 1.29 is 27.1 Å². The zero-order valence-electron chi connectivity index (χ0n) is 19.0. The highest BCUT2D eigenvalue weighted by Crippen LogP contribution is 2.35. The van der Waals surface area contributed by atoms with E-state index in [9.17, 15) is 27.2 Å². The minimum atomic E-state index is -5.04. The van der Waals surface area contributed by atoms with Crippen molar-refractivity contribution in [2.75, 3.05) is 0 Å². The molecule has 38 heavy (non-hydrogen) atoms. The zero-order chi connectivity index (χ0) is 27.6. The third kappa shape index (κ3) is 5.59. The summed E-state index contributed by atoms with van der Waals surface area (Å²) in [5, 5.41) is 18.0. The molecule has 194 valence electrons. The number of hydrogen-bond donors (Lipinski definition) is 2. The molecule has 2 aromatic carbocycles. The third-order valence-electron chi connectivity index (χ3n) is 5.65. The van der Waals surface area contributed by atoms with E-state index in [1.807, 2.05) is 0 Å². The molecule has 1 fully saturated rings. The Balaban J connectivity index is 1.65. The first-order valence-corrected chi connectivity index (χ1v) is 11.2. The molecule has 0 bridgehead atoms. The van der Waals surface area contributed by atoms with Gasteiger partial charge in [-0.15, -0.1) is 0 Å². The first-order valence-electron chi connectivity index (χ1n) is 10.8. The molecule has 1 aliphatic heterocycles. The number of rotatable bonds is 5. The minimum Gasteiger partial charge on any atom is -0.449 e. The van der Waals surface area contributed by atoms with E-state index in [0.29, 0.717) is 6.33 Å². The molecule has 2 atom stereocenters. The Labute approximate surface area is 216 Å². The van der Waals surface area contributed by atoms with Gasteiger partial charge in [0.05, 0.1) is 29.4 Å². The Hall–Kier alpha value is -4.46. The van der Waals surface area contributed by atoms with Gasteiger partial charge in [-0.05, 0) is 42.3 Å². The number of carbonyl (C=O) groups is 1. The number of alkyl halides is 3. The molecule has 0 saturated carbocycles. The van der Waals surface area contributed by atoms with Gasteiger partial charge in [-0.25, -0.2) is 14.8 Å². The maximum Gasteiger partial charge on any atom is 0.437 e. The molecule has 2 heterocycles. The molecular weight excluding hydrogens is 532 g/mol. The molecule has 1 aliphatic rings. The van der Waals surface area contributed by atoms with Crippen LogP contribution in [0, 0.1) is 28.5 Å². The number of amides is 1. The van der Waals surface area contributed by atoms with Gasteiger partial charge in [0, 0.05) is 17.6 Å². The first kappa shape index (κ1) is 26.6. The number of halogens is 5. The van der Waals surface area contributed by atoms with E-state index >= 15 is 0 Å². The molecule has 3 aromatic rings. The van der Waals surface area contributed by atoms with Crippen LogP contribution >= 0.6 is 11.6 Å². The third-order valence-corrected chi connectivity index (χ3v) is 5.87. The second-order valence-electron chi connectivity index (χ2n) is 8.24. The van der Waals surface area contributed by atoms with Crippen LogP contribution in [0.3, 0.4) is 0 Å². The lowest BCUT2D eigenvalue weighted by Crippen LogP contribution is -2.54. The van der Waals surface area contributed by atoms with Crippen LogP contribution in [-0.2, 0) is 17.5 Å². The summed E-state index contributed by atoms with van der Waals surface area (Å²) in [6.07, 6.45) is -4.29. The van der Waals surface area contributed by atoms with Gasteiger partial charge in [-0.3, -0.25) is 19.6 Å². The minimum absolute atomic E-state index is 0.00213. The SMILES string of the molecule is N#Cc1cc(Cl)cc(Oc2c(C(F)(F)F)ncn(CC3CC(c4ccc(C#N)c(F)c4)C(=O)NN3)c2=O)c1. The largest absolute Gasteiger partial charge is 0.449 e. The number of ether oxygens (including phenoxy) is 1. The van der Waals surface area contributed by atoms with Crippen molar-refractivity contribution in [3.63, 3.8) is 0 Å². The van der Waals surface area contributed by atoms with E-state index in [0.717, 1.165) is 22.8 Å². The summed E-state index contributed by atoms with van der Waals surface area (Å²) in [6.45, 7) is -0.241. The molecule has 1 saturated heterocycles. The molecular formula is C24H15ClF4N6O3. The first-order chi connectivity index (χ1) is 18.0. The van der Waals surface area contributed by atoms with Crippen LogP contribution in [0.25, 0.3) is 0 Å². The summed E-state index contributed by atoms with van der Waals surface area (Å²) in [5.74, 6) is -3.58. The Morgan fingerprint density at radius 2 is 1.92 bits per heavy atom. The van der Waals surface area contributed by atoms with Crippen LogP contribution < -0.4 is 21.1 Å². The normalized spacial score (nSPS) is 17.3. The van der Waals surface area contributed by atoms with E-state index in [1.165, 1.54) is 18.2 Å².